The van der Waals surface area contributed by atoms with E-state index in [1.807, 2.05) is 0 Å². The normalized spacial score (nSPS) is 13.4. The summed E-state index contributed by atoms with van der Waals surface area (Å²) in [6, 6.07) is 9.36. The number of nitrogens with zero attached hydrogens (tertiary/aromatic N) is 1. The van der Waals surface area contributed by atoms with E-state index in [1.54, 1.807) is 0 Å². The number of likely N-dealkylation sites (N-methyl/N-ethyl adjacent to an activating group) is 1. The van der Waals surface area contributed by atoms with Crippen molar-refractivity contribution in [2.45, 2.75) is 46.2 Å². The fraction of sp³-hybridized carbons (Fsp3) is 0.600. The highest BCUT2D eigenvalue weighted by Crippen LogP contribution is 2.14. The van der Waals surface area contributed by atoms with Gasteiger partial charge in [-0.2, -0.15) is 0 Å². The molecule has 0 aliphatic carbocycles. The van der Waals surface area contributed by atoms with E-state index in [4.69, 9.17) is 5.73 Å². The minimum atomic E-state index is 0.114. The summed E-state index contributed by atoms with van der Waals surface area (Å²) in [4.78, 5) is 2.40. The Morgan fingerprint density at radius 1 is 1.12 bits per heavy atom. The van der Waals surface area contributed by atoms with E-state index in [2.05, 4.69) is 56.9 Å². The first-order valence-electron chi connectivity index (χ1n) is 6.66. The lowest BCUT2D eigenvalue weighted by Gasteiger charge is -2.28. The second-order valence-electron chi connectivity index (χ2n) is 4.88. The third-order valence-corrected chi connectivity index (χ3v) is 3.38. The van der Waals surface area contributed by atoms with Crippen LogP contribution in [0.1, 0.15) is 44.9 Å². The molecule has 2 nitrogen and oxygen atoms in total. The average molecular weight is 234 g/mol. The van der Waals surface area contributed by atoms with Crippen LogP contribution >= 0.6 is 0 Å². The molecule has 0 amide bonds. The summed E-state index contributed by atoms with van der Waals surface area (Å²) in [7, 11) is 0. The fourth-order valence-corrected chi connectivity index (χ4v) is 2.06. The van der Waals surface area contributed by atoms with Gasteiger partial charge in [-0.25, -0.2) is 0 Å². The Morgan fingerprint density at radius 2 is 1.71 bits per heavy atom. The van der Waals surface area contributed by atoms with Crippen LogP contribution in [-0.4, -0.2) is 24.0 Å². The fourth-order valence-electron chi connectivity index (χ4n) is 2.06. The lowest BCUT2D eigenvalue weighted by atomic mass is 10.0. The molecule has 0 bridgehead atoms. The standard InChI is InChI=1S/C15H26N2/c1-5-13-7-9-14(10-8-13)15(16)11-17(6-2)12(3)4/h7-10,12,15H,5-6,11,16H2,1-4H3. The molecule has 96 valence electrons. The van der Waals surface area contributed by atoms with Crippen molar-refractivity contribution in [3.05, 3.63) is 35.4 Å². The van der Waals surface area contributed by atoms with Crippen LogP contribution in [-0.2, 0) is 6.42 Å². The van der Waals surface area contributed by atoms with Crippen molar-refractivity contribution in [2.75, 3.05) is 13.1 Å². The highest BCUT2D eigenvalue weighted by molar-refractivity contribution is 5.25. The number of hydrogen-bond acceptors (Lipinski definition) is 2. The van der Waals surface area contributed by atoms with Gasteiger partial charge in [-0.15, -0.1) is 0 Å². The van der Waals surface area contributed by atoms with Crippen LogP contribution in [0.25, 0.3) is 0 Å². The van der Waals surface area contributed by atoms with E-state index in [9.17, 15) is 0 Å². The third kappa shape index (κ3) is 4.14. The molecule has 0 heterocycles. The largest absolute Gasteiger partial charge is 0.323 e. The Morgan fingerprint density at radius 3 is 2.12 bits per heavy atom. The molecule has 0 fully saturated rings. The van der Waals surface area contributed by atoms with Gasteiger partial charge in [-0.3, -0.25) is 4.90 Å². The predicted octanol–water partition coefficient (Wildman–Crippen LogP) is 2.98. The van der Waals surface area contributed by atoms with Crippen molar-refractivity contribution >= 4 is 0 Å². The molecule has 0 spiro atoms. The van der Waals surface area contributed by atoms with Crippen molar-refractivity contribution < 1.29 is 0 Å². The summed E-state index contributed by atoms with van der Waals surface area (Å²) in [5.41, 5.74) is 8.87. The first kappa shape index (κ1) is 14.2. The summed E-state index contributed by atoms with van der Waals surface area (Å²) in [5, 5.41) is 0. The highest BCUT2D eigenvalue weighted by Gasteiger charge is 2.13. The van der Waals surface area contributed by atoms with Crippen LogP contribution in [0.15, 0.2) is 24.3 Å². The first-order chi connectivity index (χ1) is 8.08. The maximum absolute atomic E-state index is 6.26. The Balaban J connectivity index is 2.65. The van der Waals surface area contributed by atoms with Gasteiger partial charge < -0.3 is 5.73 Å². The van der Waals surface area contributed by atoms with Crippen LogP contribution in [0.5, 0.6) is 0 Å². The van der Waals surface area contributed by atoms with Gasteiger partial charge in [-0.05, 0) is 37.9 Å². The van der Waals surface area contributed by atoms with E-state index in [1.165, 1.54) is 11.1 Å². The minimum absolute atomic E-state index is 0.114. The first-order valence-corrected chi connectivity index (χ1v) is 6.66. The number of rotatable bonds is 6. The van der Waals surface area contributed by atoms with Gasteiger partial charge in [0, 0.05) is 18.6 Å². The number of hydrogen-bond donors (Lipinski definition) is 1. The highest BCUT2D eigenvalue weighted by atomic mass is 15.1. The number of nitrogens with two attached hydrogens (primary N) is 1. The summed E-state index contributed by atoms with van der Waals surface area (Å²) < 4.78 is 0. The van der Waals surface area contributed by atoms with Crippen LogP contribution in [0.4, 0.5) is 0 Å². The van der Waals surface area contributed by atoms with Crippen molar-refractivity contribution in [2.24, 2.45) is 5.73 Å². The van der Waals surface area contributed by atoms with Gasteiger partial charge in [0.1, 0.15) is 0 Å². The summed E-state index contributed by atoms with van der Waals surface area (Å²) >= 11 is 0. The SMILES string of the molecule is CCc1ccc(C(N)CN(CC)C(C)C)cc1. The third-order valence-electron chi connectivity index (χ3n) is 3.38. The monoisotopic (exact) mass is 234 g/mol. The quantitative estimate of drug-likeness (QED) is 0.820. The molecule has 1 unspecified atom stereocenters. The Labute approximate surface area is 106 Å². The molecular weight excluding hydrogens is 208 g/mol. The van der Waals surface area contributed by atoms with Crippen LogP contribution in [0, 0.1) is 0 Å². The molecule has 1 rings (SSSR count). The van der Waals surface area contributed by atoms with E-state index in [0.29, 0.717) is 6.04 Å². The minimum Gasteiger partial charge on any atom is -0.323 e. The number of aryl methyl sites for hydroxylation is 1. The predicted molar refractivity (Wildman–Crippen MR) is 75.1 cm³/mol. The van der Waals surface area contributed by atoms with Crippen molar-refractivity contribution in [1.29, 1.82) is 0 Å². The van der Waals surface area contributed by atoms with Gasteiger partial charge in [0.2, 0.25) is 0 Å². The molecule has 1 aromatic carbocycles. The van der Waals surface area contributed by atoms with Gasteiger partial charge in [-0.1, -0.05) is 38.1 Å². The molecular formula is C15H26N2. The van der Waals surface area contributed by atoms with E-state index >= 15 is 0 Å². The average Bonchev–Trinajstić information content (AvgIpc) is 2.35. The van der Waals surface area contributed by atoms with E-state index in [-0.39, 0.29) is 6.04 Å². The lowest BCUT2D eigenvalue weighted by Crippen LogP contribution is -2.36. The zero-order chi connectivity index (χ0) is 12.8. The molecule has 1 atom stereocenters. The van der Waals surface area contributed by atoms with Crippen molar-refractivity contribution in [3.63, 3.8) is 0 Å². The molecule has 0 saturated heterocycles. The maximum Gasteiger partial charge on any atom is 0.0424 e. The maximum atomic E-state index is 6.26. The lowest BCUT2D eigenvalue weighted by molar-refractivity contribution is 0.220. The second kappa shape index (κ2) is 6.77. The van der Waals surface area contributed by atoms with Crippen molar-refractivity contribution in [3.8, 4) is 0 Å². The molecule has 0 saturated carbocycles. The van der Waals surface area contributed by atoms with Crippen molar-refractivity contribution in [1.82, 2.24) is 4.90 Å². The second-order valence-corrected chi connectivity index (χ2v) is 4.88. The van der Waals surface area contributed by atoms with Gasteiger partial charge >= 0.3 is 0 Å². The molecule has 0 aromatic heterocycles. The summed E-state index contributed by atoms with van der Waals surface area (Å²) in [5.74, 6) is 0. The zero-order valence-electron chi connectivity index (χ0n) is 11.6. The molecule has 2 N–H and O–H groups in total. The van der Waals surface area contributed by atoms with Crippen LogP contribution in [0.3, 0.4) is 0 Å². The number of benzene rings is 1. The zero-order valence-corrected chi connectivity index (χ0v) is 11.6. The Bertz CT molecular complexity index is 316. The molecule has 2 heteroatoms. The van der Waals surface area contributed by atoms with Crippen LogP contribution < -0.4 is 5.73 Å². The van der Waals surface area contributed by atoms with E-state index in [0.717, 1.165) is 19.5 Å². The molecule has 0 aliphatic heterocycles. The summed E-state index contributed by atoms with van der Waals surface area (Å²) in [6.07, 6.45) is 1.09. The topological polar surface area (TPSA) is 29.3 Å². The Kier molecular flexibility index (Phi) is 5.66. The molecule has 1 aromatic rings. The van der Waals surface area contributed by atoms with E-state index < -0.39 is 0 Å². The van der Waals surface area contributed by atoms with Gasteiger partial charge in [0.05, 0.1) is 0 Å². The smallest absolute Gasteiger partial charge is 0.0424 e. The molecule has 0 radical (unpaired) electrons. The van der Waals surface area contributed by atoms with Gasteiger partial charge in [0.15, 0.2) is 0 Å². The summed E-state index contributed by atoms with van der Waals surface area (Å²) in [6.45, 7) is 10.8. The Hall–Kier alpha value is -0.860. The molecule has 17 heavy (non-hydrogen) atoms. The molecule has 0 aliphatic rings. The van der Waals surface area contributed by atoms with Crippen LogP contribution in [0.2, 0.25) is 0 Å². The van der Waals surface area contributed by atoms with Gasteiger partial charge in [0.25, 0.3) is 0 Å².